The Labute approximate surface area is 120 Å². The van der Waals surface area contributed by atoms with E-state index in [1.54, 1.807) is 0 Å². The Hall–Kier alpha value is -1.39. The second kappa shape index (κ2) is 5.94. The van der Waals surface area contributed by atoms with E-state index in [-0.39, 0.29) is 5.91 Å². The largest absolute Gasteiger partial charge is 0.372 e. The third-order valence-electron chi connectivity index (χ3n) is 4.17. The van der Waals surface area contributed by atoms with Gasteiger partial charge in [0.2, 0.25) is 0 Å². The van der Waals surface area contributed by atoms with Crippen LogP contribution in [-0.4, -0.2) is 36.5 Å². The van der Waals surface area contributed by atoms with Gasteiger partial charge in [-0.05, 0) is 42.6 Å². The van der Waals surface area contributed by atoms with Crippen molar-refractivity contribution < 1.29 is 9.53 Å². The summed E-state index contributed by atoms with van der Waals surface area (Å²) >= 11 is 0. The number of carbonyl (C=O) groups is 1. The summed E-state index contributed by atoms with van der Waals surface area (Å²) in [4.78, 5) is 14.6. The Morgan fingerprint density at radius 3 is 3.10 bits per heavy atom. The van der Waals surface area contributed by atoms with Crippen LogP contribution in [0, 0.1) is 0 Å². The second-order valence-corrected chi connectivity index (χ2v) is 5.62. The lowest BCUT2D eigenvalue weighted by molar-refractivity contribution is 0.0695. The molecule has 4 heteroatoms. The molecule has 1 atom stereocenters. The number of piperidine rings is 1. The number of likely N-dealkylation sites (N-methyl/N-ethyl adjacent to an activating group) is 1. The van der Waals surface area contributed by atoms with Gasteiger partial charge in [0.1, 0.15) is 0 Å². The van der Waals surface area contributed by atoms with Crippen LogP contribution in [0.15, 0.2) is 18.2 Å². The number of ether oxygens (including phenoxy) is 1. The normalized spacial score (nSPS) is 21.9. The Balaban J connectivity index is 1.72. The van der Waals surface area contributed by atoms with E-state index < -0.39 is 0 Å². The van der Waals surface area contributed by atoms with Gasteiger partial charge in [-0.25, -0.2) is 0 Å². The first kappa shape index (κ1) is 13.6. The van der Waals surface area contributed by atoms with Crippen LogP contribution in [0.1, 0.15) is 41.3 Å². The lowest BCUT2D eigenvalue weighted by atomic mass is 10.0. The van der Waals surface area contributed by atoms with Crippen molar-refractivity contribution in [2.75, 3.05) is 19.6 Å². The average Bonchev–Trinajstić information content (AvgIpc) is 2.94. The van der Waals surface area contributed by atoms with Crippen LogP contribution in [0.3, 0.4) is 0 Å². The topological polar surface area (TPSA) is 41.6 Å². The lowest BCUT2D eigenvalue weighted by Gasteiger charge is -2.33. The van der Waals surface area contributed by atoms with E-state index in [1.165, 1.54) is 5.56 Å². The molecule has 0 spiro atoms. The molecule has 1 amide bonds. The zero-order valence-corrected chi connectivity index (χ0v) is 12.0. The van der Waals surface area contributed by atoms with E-state index in [1.807, 2.05) is 23.1 Å². The quantitative estimate of drug-likeness (QED) is 0.915. The van der Waals surface area contributed by atoms with Crippen molar-refractivity contribution in [1.29, 1.82) is 0 Å². The first-order valence-electron chi connectivity index (χ1n) is 7.50. The van der Waals surface area contributed by atoms with Crippen LogP contribution < -0.4 is 5.32 Å². The highest BCUT2D eigenvalue weighted by Crippen LogP contribution is 2.22. The molecule has 0 aliphatic carbocycles. The standard InChI is InChI=1S/C16H22N2O2/c1-2-17-15-4-3-7-18(9-15)16(19)12-5-6-13-10-20-11-14(13)8-12/h5-6,8,15,17H,2-4,7,9-11H2,1H3. The molecule has 4 nitrogen and oxygen atoms in total. The number of nitrogens with zero attached hydrogens (tertiary/aromatic N) is 1. The Kier molecular flexibility index (Phi) is 4.03. The van der Waals surface area contributed by atoms with Crippen molar-refractivity contribution in [3.05, 3.63) is 34.9 Å². The minimum atomic E-state index is 0.155. The van der Waals surface area contributed by atoms with Crippen LogP contribution in [0.2, 0.25) is 0 Å². The van der Waals surface area contributed by atoms with Crippen molar-refractivity contribution in [3.8, 4) is 0 Å². The van der Waals surface area contributed by atoms with E-state index in [4.69, 9.17) is 4.74 Å². The number of amides is 1. The van der Waals surface area contributed by atoms with E-state index >= 15 is 0 Å². The summed E-state index contributed by atoms with van der Waals surface area (Å²) in [5.74, 6) is 0.155. The molecule has 1 N–H and O–H groups in total. The van der Waals surface area contributed by atoms with Gasteiger partial charge in [0.25, 0.3) is 5.91 Å². The predicted molar refractivity (Wildman–Crippen MR) is 77.5 cm³/mol. The number of fused-ring (bicyclic) bond motifs is 1. The maximum Gasteiger partial charge on any atom is 0.253 e. The highest BCUT2D eigenvalue weighted by Gasteiger charge is 2.24. The summed E-state index contributed by atoms with van der Waals surface area (Å²) in [6.45, 7) is 6.07. The fraction of sp³-hybridized carbons (Fsp3) is 0.562. The number of nitrogens with one attached hydrogen (secondary N) is 1. The van der Waals surface area contributed by atoms with E-state index in [9.17, 15) is 4.79 Å². The molecule has 0 saturated carbocycles. The fourth-order valence-electron chi connectivity index (χ4n) is 3.10. The van der Waals surface area contributed by atoms with Gasteiger partial charge in [-0.2, -0.15) is 0 Å². The summed E-state index contributed by atoms with van der Waals surface area (Å²) in [6.07, 6.45) is 2.24. The SMILES string of the molecule is CCNC1CCCN(C(=O)c2ccc3c(c2)COC3)C1. The zero-order valence-electron chi connectivity index (χ0n) is 12.0. The maximum atomic E-state index is 12.6. The summed E-state index contributed by atoms with van der Waals surface area (Å²) in [5, 5.41) is 3.45. The van der Waals surface area contributed by atoms with Crippen LogP contribution in [-0.2, 0) is 18.0 Å². The first-order valence-corrected chi connectivity index (χ1v) is 7.50. The van der Waals surface area contributed by atoms with Gasteiger partial charge in [0.15, 0.2) is 0 Å². The van der Waals surface area contributed by atoms with E-state index in [0.29, 0.717) is 19.3 Å². The smallest absolute Gasteiger partial charge is 0.253 e. The minimum absolute atomic E-state index is 0.155. The molecule has 1 aromatic rings. The Morgan fingerprint density at radius 1 is 1.40 bits per heavy atom. The second-order valence-electron chi connectivity index (χ2n) is 5.62. The molecule has 1 unspecified atom stereocenters. The van der Waals surface area contributed by atoms with Gasteiger partial charge < -0.3 is 15.0 Å². The molecule has 0 bridgehead atoms. The Bertz CT molecular complexity index is 499. The predicted octanol–water partition coefficient (Wildman–Crippen LogP) is 1.93. The molecule has 20 heavy (non-hydrogen) atoms. The van der Waals surface area contributed by atoms with Crippen LogP contribution in [0.5, 0.6) is 0 Å². The zero-order chi connectivity index (χ0) is 13.9. The third-order valence-corrected chi connectivity index (χ3v) is 4.17. The van der Waals surface area contributed by atoms with E-state index in [0.717, 1.165) is 43.6 Å². The third kappa shape index (κ3) is 2.72. The van der Waals surface area contributed by atoms with Gasteiger partial charge in [0, 0.05) is 24.7 Å². The highest BCUT2D eigenvalue weighted by atomic mass is 16.5. The molecule has 0 radical (unpaired) electrons. The molecule has 1 saturated heterocycles. The monoisotopic (exact) mass is 274 g/mol. The number of benzene rings is 1. The molecule has 2 aliphatic rings. The van der Waals surface area contributed by atoms with Crippen molar-refractivity contribution in [2.45, 2.75) is 39.0 Å². The van der Waals surface area contributed by atoms with E-state index in [2.05, 4.69) is 12.2 Å². The number of rotatable bonds is 3. The lowest BCUT2D eigenvalue weighted by Crippen LogP contribution is -2.47. The Morgan fingerprint density at radius 2 is 2.25 bits per heavy atom. The number of likely N-dealkylation sites (tertiary alicyclic amines) is 1. The van der Waals surface area contributed by atoms with Crippen molar-refractivity contribution in [2.24, 2.45) is 0 Å². The van der Waals surface area contributed by atoms with Gasteiger partial charge in [-0.15, -0.1) is 0 Å². The van der Waals surface area contributed by atoms with Gasteiger partial charge in [0.05, 0.1) is 13.2 Å². The molecule has 1 fully saturated rings. The summed E-state index contributed by atoms with van der Waals surface area (Å²) in [6, 6.07) is 6.41. The fourth-order valence-corrected chi connectivity index (χ4v) is 3.10. The molecule has 2 heterocycles. The summed E-state index contributed by atoms with van der Waals surface area (Å²) < 4.78 is 5.41. The van der Waals surface area contributed by atoms with Crippen molar-refractivity contribution >= 4 is 5.91 Å². The molecular weight excluding hydrogens is 252 g/mol. The minimum Gasteiger partial charge on any atom is -0.372 e. The molecule has 1 aromatic carbocycles. The summed E-state index contributed by atoms with van der Waals surface area (Å²) in [5.41, 5.74) is 3.17. The molecule has 108 valence electrons. The van der Waals surface area contributed by atoms with Crippen LogP contribution in [0.4, 0.5) is 0 Å². The maximum absolute atomic E-state index is 12.6. The highest BCUT2D eigenvalue weighted by molar-refractivity contribution is 5.94. The molecule has 0 aromatic heterocycles. The van der Waals surface area contributed by atoms with Gasteiger partial charge >= 0.3 is 0 Å². The number of hydrogen-bond donors (Lipinski definition) is 1. The summed E-state index contributed by atoms with van der Waals surface area (Å²) in [7, 11) is 0. The molecule has 2 aliphatic heterocycles. The van der Waals surface area contributed by atoms with Crippen LogP contribution >= 0.6 is 0 Å². The number of hydrogen-bond acceptors (Lipinski definition) is 3. The van der Waals surface area contributed by atoms with Crippen LogP contribution in [0.25, 0.3) is 0 Å². The molecule has 3 rings (SSSR count). The van der Waals surface area contributed by atoms with Gasteiger partial charge in [-0.1, -0.05) is 13.0 Å². The van der Waals surface area contributed by atoms with Crippen molar-refractivity contribution in [1.82, 2.24) is 10.2 Å². The number of carbonyl (C=O) groups excluding carboxylic acids is 1. The first-order chi connectivity index (χ1) is 9.78. The van der Waals surface area contributed by atoms with Crippen molar-refractivity contribution in [3.63, 3.8) is 0 Å². The van der Waals surface area contributed by atoms with Gasteiger partial charge in [-0.3, -0.25) is 4.79 Å². The average molecular weight is 274 g/mol. The molecular formula is C16H22N2O2.